The Morgan fingerprint density at radius 3 is 2.37 bits per heavy atom. The number of esters is 1. The molecular formula is C11H14Cl2N2O3S. The van der Waals surface area contributed by atoms with Gasteiger partial charge in [0.15, 0.2) is 11.8 Å². The topological polar surface area (TPSA) is 68.3 Å². The number of amides is 1. The fourth-order valence-corrected chi connectivity index (χ4v) is 2.11. The molecule has 19 heavy (non-hydrogen) atoms. The molecule has 8 heteroatoms. The van der Waals surface area contributed by atoms with Crippen LogP contribution in [0.2, 0.25) is 9.36 Å². The predicted octanol–water partition coefficient (Wildman–Crippen LogP) is 2.91. The van der Waals surface area contributed by atoms with E-state index in [9.17, 15) is 9.59 Å². The van der Waals surface area contributed by atoms with Gasteiger partial charge >= 0.3 is 5.97 Å². The van der Waals surface area contributed by atoms with Gasteiger partial charge in [-0.15, -0.1) is 0 Å². The minimum Gasteiger partial charge on any atom is -0.448 e. The van der Waals surface area contributed by atoms with Gasteiger partial charge < -0.3 is 10.1 Å². The molecule has 1 aromatic rings. The van der Waals surface area contributed by atoms with Gasteiger partial charge in [-0.2, -0.15) is 4.37 Å². The van der Waals surface area contributed by atoms with Crippen LogP contribution in [0.15, 0.2) is 0 Å². The van der Waals surface area contributed by atoms with Gasteiger partial charge in [-0.3, -0.25) is 4.79 Å². The Hall–Kier alpha value is -0.850. The molecule has 5 nitrogen and oxygen atoms in total. The summed E-state index contributed by atoms with van der Waals surface area (Å²) in [7, 11) is 0. The number of nitrogens with zero attached hydrogens (tertiary/aromatic N) is 1. The zero-order chi connectivity index (χ0) is 14.8. The SMILES string of the molecule is C[C@H](OC(=O)c1nsc(Cl)c1Cl)C(=O)NC(C)(C)C. The molecule has 0 radical (unpaired) electrons. The summed E-state index contributed by atoms with van der Waals surface area (Å²) in [6.45, 7) is 6.96. The second-order valence-electron chi connectivity index (χ2n) is 4.91. The number of hydrogen-bond acceptors (Lipinski definition) is 5. The average Bonchev–Trinajstić information content (AvgIpc) is 2.57. The van der Waals surface area contributed by atoms with Crippen LogP contribution in [0.4, 0.5) is 0 Å². The lowest BCUT2D eigenvalue weighted by atomic mass is 10.1. The van der Waals surface area contributed by atoms with Crippen LogP contribution in [0.25, 0.3) is 0 Å². The number of hydrogen-bond donors (Lipinski definition) is 1. The number of carbonyl (C=O) groups excluding carboxylic acids is 2. The quantitative estimate of drug-likeness (QED) is 0.868. The molecule has 0 aliphatic carbocycles. The van der Waals surface area contributed by atoms with Crippen molar-refractivity contribution in [3.8, 4) is 0 Å². The standard InChI is InChI=1S/C11H14Cl2N2O3S/c1-5(9(16)14-11(2,3)4)18-10(17)7-6(12)8(13)19-15-7/h5H,1-4H3,(H,14,16)/t5-/m0/s1. The minimum atomic E-state index is -0.941. The molecule has 1 amide bonds. The van der Waals surface area contributed by atoms with Gasteiger partial charge in [-0.25, -0.2) is 4.79 Å². The van der Waals surface area contributed by atoms with Crippen LogP contribution in [0.5, 0.6) is 0 Å². The number of aromatic nitrogens is 1. The van der Waals surface area contributed by atoms with E-state index in [0.717, 1.165) is 11.5 Å². The molecule has 0 aliphatic rings. The zero-order valence-electron chi connectivity index (χ0n) is 10.9. The Bertz CT molecular complexity index is 497. The smallest absolute Gasteiger partial charge is 0.360 e. The summed E-state index contributed by atoms with van der Waals surface area (Å²) in [6.07, 6.45) is -0.941. The van der Waals surface area contributed by atoms with Crippen LogP contribution >= 0.6 is 34.7 Å². The first-order valence-corrected chi connectivity index (χ1v) is 6.98. The van der Waals surface area contributed by atoms with E-state index >= 15 is 0 Å². The number of rotatable bonds is 3. The largest absolute Gasteiger partial charge is 0.448 e. The van der Waals surface area contributed by atoms with E-state index in [1.54, 1.807) is 0 Å². The zero-order valence-corrected chi connectivity index (χ0v) is 13.2. The molecule has 0 aliphatic heterocycles. The normalized spacial score (nSPS) is 12.9. The van der Waals surface area contributed by atoms with Crippen molar-refractivity contribution < 1.29 is 14.3 Å². The van der Waals surface area contributed by atoms with Crippen LogP contribution in [0.1, 0.15) is 38.2 Å². The predicted molar refractivity (Wildman–Crippen MR) is 74.9 cm³/mol. The summed E-state index contributed by atoms with van der Waals surface area (Å²) < 4.78 is 8.97. The first-order chi connectivity index (χ1) is 8.61. The highest BCUT2D eigenvalue weighted by Gasteiger charge is 2.26. The lowest BCUT2D eigenvalue weighted by Crippen LogP contribution is -2.46. The Labute approximate surface area is 125 Å². The van der Waals surface area contributed by atoms with Gasteiger partial charge in [-0.1, -0.05) is 23.2 Å². The van der Waals surface area contributed by atoms with Gasteiger partial charge in [0, 0.05) is 5.54 Å². The summed E-state index contributed by atoms with van der Waals surface area (Å²) in [5, 5.41) is 2.74. The molecular weight excluding hydrogens is 311 g/mol. The van der Waals surface area contributed by atoms with Crippen molar-refractivity contribution in [3.05, 3.63) is 15.1 Å². The molecule has 0 bridgehead atoms. The van der Waals surface area contributed by atoms with E-state index in [0.29, 0.717) is 0 Å². The lowest BCUT2D eigenvalue weighted by molar-refractivity contribution is -0.130. The molecule has 1 heterocycles. The molecule has 0 aromatic carbocycles. The number of carbonyl (C=O) groups is 2. The Kier molecular flexibility index (Phi) is 5.18. The summed E-state index contributed by atoms with van der Waals surface area (Å²) in [6, 6.07) is 0. The van der Waals surface area contributed by atoms with E-state index in [-0.39, 0.29) is 15.1 Å². The molecule has 0 fully saturated rings. The first-order valence-electron chi connectivity index (χ1n) is 5.45. The summed E-state index contributed by atoms with van der Waals surface area (Å²) in [5.74, 6) is -1.16. The molecule has 1 atom stereocenters. The van der Waals surface area contributed by atoms with Crippen LogP contribution in [-0.2, 0) is 9.53 Å². The minimum absolute atomic E-state index is 0.0418. The summed E-state index contributed by atoms with van der Waals surface area (Å²) in [5.41, 5.74) is -0.480. The first kappa shape index (κ1) is 16.2. The fourth-order valence-electron chi connectivity index (χ4n) is 1.13. The molecule has 0 saturated carbocycles. The highest BCUT2D eigenvalue weighted by molar-refractivity contribution is 7.11. The third-order valence-corrected chi connectivity index (χ3v) is 3.55. The maximum absolute atomic E-state index is 11.8. The van der Waals surface area contributed by atoms with Crippen LogP contribution in [-0.4, -0.2) is 27.9 Å². The highest BCUT2D eigenvalue weighted by Crippen LogP contribution is 2.29. The van der Waals surface area contributed by atoms with Crippen molar-refractivity contribution in [2.45, 2.75) is 39.3 Å². The van der Waals surface area contributed by atoms with Gasteiger partial charge in [0.25, 0.3) is 5.91 Å². The molecule has 0 saturated heterocycles. The summed E-state index contributed by atoms with van der Waals surface area (Å²) >= 11 is 12.4. The van der Waals surface area contributed by atoms with Crippen molar-refractivity contribution >= 4 is 46.6 Å². The Morgan fingerprint density at radius 2 is 1.95 bits per heavy atom. The van der Waals surface area contributed by atoms with Crippen molar-refractivity contribution in [3.63, 3.8) is 0 Å². The lowest BCUT2D eigenvalue weighted by Gasteiger charge is -2.23. The third kappa shape index (κ3) is 4.63. The van der Waals surface area contributed by atoms with Crippen molar-refractivity contribution in [2.24, 2.45) is 0 Å². The highest BCUT2D eigenvalue weighted by atomic mass is 35.5. The second-order valence-corrected chi connectivity index (χ2v) is 6.66. The number of nitrogens with one attached hydrogen (secondary N) is 1. The van der Waals surface area contributed by atoms with Crippen molar-refractivity contribution in [2.75, 3.05) is 0 Å². The molecule has 0 unspecified atom stereocenters. The molecule has 106 valence electrons. The maximum Gasteiger partial charge on any atom is 0.360 e. The fraction of sp³-hybridized carbons (Fsp3) is 0.545. The van der Waals surface area contributed by atoms with E-state index < -0.39 is 23.5 Å². The number of halogens is 2. The van der Waals surface area contributed by atoms with Gasteiger partial charge in [-0.05, 0) is 39.2 Å². The molecule has 1 rings (SSSR count). The average molecular weight is 325 g/mol. The molecule has 0 spiro atoms. The van der Waals surface area contributed by atoms with Crippen LogP contribution < -0.4 is 5.32 Å². The summed E-state index contributed by atoms with van der Waals surface area (Å²) in [4.78, 5) is 23.5. The van der Waals surface area contributed by atoms with Gasteiger partial charge in [0.1, 0.15) is 9.36 Å². The Morgan fingerprint density at radius 1 is 1.37 bits per heavy atom. The second kappa shape index (κ2) is 6.07. The van der Waals surface area contributed by atoms with Gasteiger partial charge in [0.05, 0.1) is 0 Å². The molecule has 1 N–H and O–H groups in total. The van der Waals surface area contributed by atoms with E-state index in [2.05, 4.69) is 9.69 Å². The van der Waals surface area contributed by atoms with Gasteiger partial charge in [0.2, 0.25) is 0 Å². The van der Waals surface area contributed by atoms with Crippen molar-refractivity contribution in [1.29, 1.82) is 0 Å². The maximum atomic E-state index is 11.8. The number of ether oxygens (including phenoxy) is 1. The van der Waals surface area contributed by atoms with Crippen LogP contribution in [0, 0.1) is 0 Å². The van der Waals surface area contributed by atoms with Crippen molar-refractivity contribution in [1.82, 2.24) is 9.69 Å². The monoisotopic (exact) mass is 324 g/mol. The van der Waals surface area contributed by atoms with Crippen LogP contribution in [0.3, 0.4) is 0 Å². The van der Waals surface area contributed by atoms with E-state index in [1.165, 1.54) is 6.92 Å². The third-order valence-electron chi connectivity index (χ3n) is 1.94. The molecule has 1 aromatic heterocycles. The van der Waals surface area contributed by atoms with E-state index in [1.807, 2.05) is 20.8 Å². The Balaban J connectivity index is 2.67. The van der Waals surface area contributed by atoms with E-state index in [4.69, 9.17) is 27.9 Å².